The SMILES string of the molecule is C=CCCC1CCC(c2ccc(-c3ccc(-c4ccc(CC)c(F)c4F)cc3)c(F)c2F)CO1. The first kappa shape index (κ1) is 24.2. The first-order valence-electron chi connectivity index (χ1n) is 11.7. The Morgan fingerprint density at radius 1 is 0.824 bits per heavy atom. The van der Waals surface area contributed by atoms with E-state index in [0.29, 0.717) is 35.3 Å². The van der Waals surface area contributed by atoms with Gasteiger partial charge in [-0.1, -0.05) is 61.5 Å². The zero-order chi connectivity index (χ0) is 24.2. The summed E-state index contributed by atoms with van der Waals surface area (Å²) in [6, 6.07) is 12.6. The van der Waals surface area contributed by atoms with E-state index in [9.17, 15) is 8.78 Å². The molecule has 1 nitrogen and oxygen atoms in total. The van der Waals surface area contributed by atoms with Crippen molar-refractivity contribution in [3.63, 3.8) is 0 Å². The van der Waals surface area contributed by atoms with Crippen molar-refractivity contribution in [2.75, 3.05) is 6.61 Å². The predicted octanol–water partition coefficient (Wildman–Crippen LogP) is 8.37. The maximum Gasteiger partial charge on any atom is 0.166 e. The monoisotopic (exact) mass is 468 g/mol. The molecule has 0 radical (unpaired) electrons. The summed E-state index contributed by atoms with van der Waals surface area (Å²) in [6.45, 7) is 5.84. The van der Waals surface area contributed by atoms with E-state index in [0.717, 1.165) is 25.7 Å². The van der Waals surface area contributed by atoms with Crippen molar-refractivity contribution in [3.8, 4) is 22.3 Å². The van der Waals surface area contributed by atoms with Gasteiger partial charge in [0.2, 0.25) is 0 Å². The van der Waals surface area contributed by atoms with E-state index < -0.39 is 23.3 Å². The summed E-state index contributed by atoms with van der Waals surface area (Å²) in [5.74, 6) is -3.72. The van der Waals surface area contributed by atoms with Crippen LogP contribution in [0.25, 0.3) is 22.3 Å². The highest BCUT2D eigenvalue weighted by Crippen LogP contribution is 2.36. The minimum Gasteiger partial charge on any atom is -0.378 e. The first-order valence-corrected chi connectivity index (χ1v) is 11.7. The fraction of sp³-hybridized carbons (Fsp3) is 0.310. The molecule has 0 saturated carbocycles. The van der Waals surface area contributed by atoms with Crippen LogP contribution in [0.5, 0.6) is 0 Å². The van der Waals surface area contributed by atoms with Crippen LogP contribution in [0.1, 0.15) is 49.7 Å². The Hall–Kier alpha value is -2.92. The Kier molecular flexibility index (Phi) is 7.52. The molecular weight excluding hydrogens is 440 g/mol. The molecule has 178 valence electrons. The predicted molar refractivity (Wildman–Crippen MR) is 128 cm³/mol. The van der Waals surface area contributed by atoms with Crippen molar-refractivity contribution in [2.24, 2.45) is 0 Å². The largest absolute Gasteiger partial charge is 0.378 e. The quantitative estimate of drug-likeness (QED) is 0.250. The summed E-state index contributed by atoms with van der Waals surface area (Å²) in [6.07, 6.45) is 5.69. The molecule has 3 aromatic rings. The molecule has 0 spiro atoms. The highest BCUT2D eigenvalue weighted by atomic mass is 19.2. The lowest BCUT2D eigenvalue weighted by atomic mass is 9.88. The molecule has 0 amide bonds. The Morgan fingerprint density at radius 2 is 1.44 bits per heavy atom. The Labute approximate surface area is 198 Å². The van der Waals surface area contributed by atoms with Gasteiger partial charge in [0, 0.05) is 17.0 Å². The number of rotatable bonds is 7. The van der Waals surface area contributed by atoms with E-state index in [-0.39, 0.29) is 23.1 Å². The number of allylic oxidation sites excluding steroid dienone is 1. The molecule has 1 fully saturated rings. The molecule has 1 saturated heterocycles. The minimum absolute atomic E-state index is 0.126. The van der Waals surface area contributed by atoms with E-state index in [2.05, 4.69) is 6.58 Å². The Balaban J connectivity index is 1.54. The summed E-state index contributed by atoms with van der Waals surface area (Å²) < 4.78 is 64.6. The van der Waals surface area contributed by atoms with Crippen LogP contribution < -0.4 is 0 Å². The number of hydrogen-bond donors (Lipinski definition) is 0. The number of halogens is 4. The second kappa shape index (κ2) is 10.6. The smallest absolute Gasteiger partial charge is 0.166 e. The van der Waals surface area contributed by atoms with Gasteiger partial charge in [0.05, 0.1) is 12.7 Å². The second-order valence-corrected chi connectivity index (χ2v) is 8.76. The van der Waals surface area contributed by atoms with Crippen LogP contribution in [0, 0.1) is 23.3 Å². The summed E-state index contributed by atoms with van der Waals surface area (Å²) in [5, 5.41) is 0. The zero-order valence-electron chi connectivity index (χ0n) is 19.2. The van der Waals surface area contributed by atoms with Crippen molar-refractivity contribution < 1.29 is 22.3 Å². The molecule has 0 aliphatic carbocycles. The maximum absolute atomic E-state index is 15.0. The van der Waals surface area contributed by atoms with Crippen molar-refractivity contribution >= 4 is 0 Å². The van der Waals surface area contributed by atoms with E-state index in [1.165, 1.54) is 6.07 Å². The molecule has 1 heterocycles. The number of aryl methyl sites for hydroxylation is 1. The molecule has 0 N–H and O–H groups in total. The van der Waals surface area contributed by atoms with Gasteiger partial charge in [0.25, 0.3) is 0 Å². The topological polar surface area (TPSA) is 9.23 Å². The van der Waals surface area contributed by atoms with Crippen molar-refractivity contribution in [1.82, 2.24) is 0 Å². The standard InChI is InChI=1S/C29H28F4O/c1-3-5-6-22-13-11-21(17-34-22)25-16-15-24(28(32)29(25)33)20-9-7-19(8-10-20)23-14-12-18(4-2)26(30)27(23)31/h3,7-10,12,14-16,21-22H,1,4-6,11,13,17H2,2H3. The lowest BCUT2D eigenvalue weighted by Gasteiger charge is -2.29. The van der Waals surface area contributed by atoms with Crippen LogP contribution in [-0.4, -0.2) is 12.7 Å². The van der Waals surface area contributed by atoms with E-state index in [1.807, 2.05) is 6.08 Å². The molecule has 4 rings (SSSR count). The van der Waals surface area contributed by atoms with Crippen LogP contribution >= 0.6 is 0 Å². The molecule has 2 atom stereocenters. The van der Waals surface area contributed by atoms with Crippen LogP contribution in [-0.2, 0) is 11.2 Å². The van der Waals surface area contributed by atoms with Gasteiger partial charge in [0.1, 0.15) is 0 Å². The molecule has 0 aromatic heterocycles. The normalized spacial score (nSPS) is 18.1. The van der Waals surface area contributed by atoms with Gasteiger partial charge in [0.15, 0.2) is 23.3 Å². The fourth-order valence-corrected chi connectivity index (χ4v) is 4.60. The highest BCUT2D eigenvalue weighted by Gasteiger charge is 2.27. The van der Waals surface area contributed by atoms with Crippen LogP contribution in [0.3, 0.4) is 0 Å². The average molecular weight is 469 g/mol. The van der Waals surface area contributed by atoms with Crippen LogP contribution in [0.15, 0.2) is 61.2 Å². The molecule has 5 heteroatoms. The molecule has 0 bridgehead atoms. The van der Waals surface area contributed by atoms with Gasteiger partial charge in [-0.25, -0.2) is 17.6 Å². The van der Waals surface area contributed by atoms with Crippen LogP contribution in [0.2, 0.25) is 0 Å². The van der Waals surface area contributed by atoms with Gasteiger partial charge in [-0.2, -0.15) is 0 Å². The minimum atomic E-state index is -0.913. The Bertz CT molecular complexity index is 1160. The zero-order valence-corrected chi connectivity index (χ0v) is 19.2. The lowest BCUT2D eigenvalue weighted by Crippen LogP contribution is -2.25. The highest BCUT2D eigenvalue weighted by molar-refractivity contribution is 5.71. The van der Waals surface area contributed by atoms with Crippen LogP contribution in [0.4, 0.5) is 17.6 Å². The summed E-state index contributed by atoms with van der Waals surface area (Å²) in [4.78, 5) is 0. The van der Waals surface area contributed by atoms with Crippen molar-refractivity contribution in [2.45, 2.75) is 51.0 Å². The van der Waals surface area contributed by atoms with E-state index in [4.69, 9.17) is 4.74 Å². The third-order valence-corrected chi connectivity index (χ3v) is 6.67. The summed E-state index contributed by atoms with van der Waals surface area (Å²) >= 11 is 0. The van der Waals surface area contributed by atoms with Gasteiger partial charge in [-0.15, -0.1) is 6.58 Å². The first-order chi connectivity index (χ1) is 16.4. The molecular formula is C29H28F4O. The molecule has 34 heavy (non-hydrogen) atoms. The molecule has 2 unspecified atom stereocenters. The molecule has 1 aliphatic heterocycles. The summed E-state index contributed by atoms with van der Waals surface area (Å²) in [5.41, 5.74) is 1.82. The van der Waals surface area contributed by atoms with Crippen molar-refractivity contribution in [3.05, 3.63) is 95.6 Å². The van der Waals surface area contributed by atoms with Gasteiger partial charge >= 0.3 is 0 Å². The van der Waals surface area contributed by atoms with E-state index >= 15 is 8.78 Å². The lowest BCUT2D eigenvalue weighted by molar-refractivity contribution is -0.000881. The third kappa shape index (κ3) is 4.80. The molecule has 1 aliphatic rings. The number of benzene rings is 3. The summed E-state index contributed by atoms with van der Waals surface area (Å²) in [7, 11) is 0. The third-order valence-electron chi connectivity index (χ3n) is 6.67. The van der Waals surface area contributed by atoms with Gasteiger partial charge in [-0.05, 0) is 54.4 Å². The van der Waals surface area contributed by atoms with Gasteiger partial charge in [-0.3, -0.25) is 0 Å². The average Bonchev–Trinajstić information content (AvgIpc) is 2.87. The van der Waals surface area contributed by atoms with Gasteiger partial charge < -0.3 is 4.74 Å². The van der Waals surface area contributed by atoms with E-state index in [1.54, 1.807) is 49.4 Å². The Morgan fingerprint density at radius 3 is 2.00 bits per heavy atom. The van der Waals surface area contributed by atoms with Crippen molar-refractivity contribution in [1.29, 1.82) is 0 Å². The second-order valence-electron chi connectivity index (χ2n) is 8.76. The molecule has 3 aromatic carbocycles. The number of ether oxygens (including phenoxy) is 1. The number of hydrogen-bond acceptors (Lipinski definition) is 1. The maximum atomic E-state index is 15.0. The fourth-order valence-electron chi connectivity index (χ4n) is 4.60.